The molecule has 122 valence electrons. The first-order chi connectivity index (χ1) is 9.94. The second kappa shape index (κ2) is 6.39. The molecule has 1 aromatic rings. The molecule has 3 N–H and O–H groups in total. The Kier molecular flexibility index (Phi) is 5.24. The first-order valence-corrected chi connectivity index (χ1v) is 6.53. The van der Waals surface area contributed by atoms with Crippen LogP contribution in [0.4, 0.5) is 23.7 Å². The maximum atomic E-state index is 12.8. The van der Waals surface area contributed by atoms with Gasteiger partial charge in [-0.1, -0.05) is 12.6 Å². The zero-order valence-electron chi connectivity index (χ0n) is 12.7. The largest absolute Gasteiger partial charge is 0.444 e. The number of rotatable bonds is 3. The lowest BCUT2D eigenvalue weighted by atomic mass is 10.0. The van der Waals surface area contributed by atoms with Gasteiger partial charge in [0.1, 0.15) is 5.60 Å². The van der Waals surface area contributed by atoms with Crippen LogP contribution >= 0.6 is 0 Å². The molecule has 0 saturated carbocycles. The smallest absolute Gasteiger partial charge is 0.416 e. The van der Waals surface area contributed by atoms with Crippen LogP contribution in [0.25, 0.3) is 5.57 Å². The lowest BCUT2D eigenvalue weighted by molar-refractivity contribution is -0.137. The number of hydrogen-bond acceptors (Lipinski definition) is 3. The van der Waals surface area contributed by atoms with Gasteiger partial charge in [-0.05, 0) is 38.5 Å². The van der Waals surface area contributed by atoms with Gasteiger partial charge in [0.25, 0.3) is 0 Å². The molecule has 0 unspecified atom stereocenters. The van der Waals surface area contributed by atoms with Crippen LogP contribution in [0.3, 0.4) is 0 Å². The normalized spacial score (nSPS) is 12.0. The number of alkyl halides is 3. The van der Waals surface area contributed by atoms with Gasteiger partial charge < -0.3 is 10.5 Å². The number of carbonyl (C=O) groups excluding carboxylic acids is 1. The number of anilines is 1. The molecule has 0 bridgehead atoms. The summed E-state index contributed by atoms with van der Waals surface area (Å²) < 4.78 is 43.4. The van der Waals surface area contributed by atoms with Gasteiger partial charge in [-0.2, -0.15) is 13.2 Å². The number of benzene rings is 1. The summed E-state index contributed by atoms with van der Waals surface area (Å²) in [5.41, 5.74) is 4.51. The zero-order valence-corrected chi connectivity index (χ0v) is 12.7. The molecule has 0 spiro atoms. The molecular weight excluding hydrogens is 297 g/mol. The maximum absolute atomic E-state index is 12.8. The van der Waals surface area contributed by atoms with Crippen LogP contribution in [0.1, 0.15) is 31.9 Å². The zero-order chi connectivity index (χ0) is 17.1. The second-order valence-electron chi connectivity index (χ2n) is 5.69. The summed E-state index contributed by atoms with van der Waals surface area (Å²) in [5, 5.41) is 2.32. The van der Waals surface area contributed by atoms with E-state index in [1.165, 1.54) is 6.07 Å². The average molecular weight is 316 g/mol. The molecule has 1 amide bonds. The van der Waals surface area contributed by atoms with E-state index in [0.29, 0.717) is 11.1 Å². The standard InChI is InChI=1S/C15H19F3N2O2/c1-9(8-19)11-6-5-10(15(16,17)18)7-12(11)20-13(21)22-14(2,3)4/h5-7H,1,8,19H2,2-4H3,(H,20,21). The van der Waals surface area contributed by atoms with E-state index in [4.69, 9.17) is 10.5 Å². The summed E-state index contributed by atoms with van der Waals surface area (Å²) in [6.45, 7) is 8.68. The number of nitrogens with one attached hydrogen (secondary N) is 1. The fraction of sp³-hybridized carbons (Fsp3) is 0.400. The van der Waals surface area contributed by atoms with Crippen molar-refractivity contribution >= 4 is 17.4 Å². The van der Waals surface area contributed by atoms with Crippen molar-refractivity contribution in [2.45, 2.75) is 32.5 Å². The van der Waals surface area contributed by atoms with Crippen LogP contribution in [0.5, 0.6) is 0 Å². The Morgan fingerprint density at radius 3 is 2.36 bits per heavy atom. The Morgan fingerprint density at radius 1 is 1.32 bits per heavy atom. The number of amides is 1. The maximum Gasteiger partial charge on any atom is 0.416 e. The van der Waals surface area contributed by atoms with Crippen molar-refractivity contribution in [1.29, 1.82) is 0 Å². The van der Waals surface area contributed by atoms with Gasteiger partial charge >= 0.3 is 12.3 Å². The minimum Gasteiger partial charge on any atom is -0.444 e. The number of ether oxygens (including phenoxy) is 1. The lowest BCUT2D eigenvalue weighted by Gasteiger charge is -2.21. The minimum absolute atomic E-state index is 0.0421. The van der Waals surface area contributed by atoms with Crippen LogP contribution in [0, 0.1) is 0 Å². The van der Waals surface area contributed by atoms with Gasteiger partial charge in [0.15, 0.2) is 0 Å². The van der Waals surface area contributed by atoms with E-state index in [2.05, 4.69) is 11.9 Å². The van der Waals surface area contributed by atoms with Crippen molar-refractivity contribution in [3.05, 3.63) is 35.9 Å². The van der Waals surface area contributed by atoms with Crippen molar-refractivity contribution < 1.29 is 22.7 Å². The van der Waals surface area contributed by atoms with E-state index in [9.17, 15) is 18.0 Å². The highest BCUT2D eigenvalue weighted by Gasteiger charge is 2.31. The van der Waals surface area contributed by atoms with Crippen LogP contribution in [-0.4, -0.2) is 18.2 Å². The number of hydrogen-bond donors (Lipinski definition) is 2. The molecule has 0 fully saturated rings. The predicted molar refractivity (Wildman–Crippen MR) is 79.4 cm³/mol. The van der Waals surface area contributed by atoms with Crippen LogP contribution in [0.15, 0.2) is 24.8 Å². The molecule has 0 saturated heterocycles. The van der Waals surface area contributed by atoms with Gasteiger partial charge in [-0.15, -0.1) is 0 Å². The molecule has 7 heteroatoms. The Labute approximate surface area is 127 Å². The van der Waals surface area contributed by atoms with Crippen molar-refractivity contribution in [3.63, 3.8) is 0 Å². The molecule has 22 heavy (non-hydrogen) atoms. The van der Waals surface area contributed by atoms with Crippen molar-refractivity contribution in [2.24, 2.45) is 5.73 Å². The van der Waals surface area contributed by atoms with Gasteiger partial charge in [0.05, 0.1) is 11.3 Å². The highest BCUT2D eigenvalue weighted by atomic mass is 19.4. The van der Waals surface area contributed by atoms with Gasteiger partial charge in [0, 0.05) is 12.1 Å². The van der Waals surface area contributed by atoms with E-state index in [1.807, 2.05) is 0 Å². The molecule has 4 nitrogen and oxygen atoms in total. The fourth-order valence-corrected chi connectivity index (χ4v) is 1.66. The SMILES string of the molecule is C=C(CN)c1ccc(C(F)(F)F)cc1NC(=O)OC(C)(C)C. The van der Waals surface area contributed by atoms with Crippen molar-refractivity contribution in [2.75, 3.05) is 11.9 Å². The third-order valence-corrected chi connectivity index (χ3v) is 2.61. The van der Waals surface area contributed by atoms with Gasteiger partial charge in [-0.25, -0.2) is 4.79 Å². The molecule has 0 atom stereocenters. The van der Waals surface area contributed by atoms with E-state index < -0.39 is 23.4 Å². The minimum atomic E-state index is -4.52. The van der Waals surface area contributed by atoms with Crippen molar-refractivity contribution in [3.8, 4) is 0 Å². The lowest BCUT2D eigenvalue weighted by Crippen LogP contribution is -2.27. The Morgan fingerprint density at radius 2 is 1.91 bits per heavy atom. The number of carbonyl (C=O) groups is 1. The molecule has 0 aliphatic heterocycles. The summed E-state index contributed by atoms with van der Waals surface area (Å²) in [6.07, 6.45) is -5.37. The quantitative estimate of drug-likeness (QED) is 0.885. The molecule has 0 aliphatic rings. The summed E-state index contributed by atoms with van der Waals surface area (Å²) in [4.78, 5) is 11.8. The monoisotopic (exact) mass is 316 g/mol. The first-order valence-electron chi connectivity index (χ1n) is 6.53. The van der Waals surface area contributed by atoms with E-state index in [0.717, 1.165) is 12.1 Å². The summed E-state index contributed by atoms with van der Waals surface area (Å²) in [6, 6.07) is 2.97. The third kappa shape index (κ3) is 5.07. The van der Waals surface area contributed by atoms with E-state index in [1.54, 1.807) is 20.8 Å². The predicted octanol–water partition coefficient (Wildman–Crippen LogP) is 4.02. The molecule has 0 aromatic heterocycles. The van der Waals surface area contributed by atoms with Crippen LogP contribution < -0.4 is 11.1 Å². The highest BCUT2D eigenvalue weighted by Crippen LogP contribution is 2.34. The Hall–Kier alpha value is -2.02. The van der Waals surface area contributed by atoms with Gasteiger partial charge in [-0.3, -0.25) is 5.32 Å². The van der Waals surface area contributed by atoms with E-state index >= 15 is 0 Å². The van der Waals surface area contributed by atoms with E-state index in [-0.39, 0.29) is 12.2 Å². The topological polar surface area (TPSA) is 64.3 Å². The highest BCUT2D eigenvalue weighted by molar-refractivity contribution is 5.90. The molecular formula is C15H19F3N2O2. The average Bonchev–Trinajstić information content (AvgIpc) is 2.34. The molecule has 1 rings (SSSR count). The Bertz CT molecular complexity index is 575. The van der Waals surface area contributed by atoms with Crippen molar-refractivity contribution in [1.82, 2.24) is 0 Å². The number of halogens is 3. The van der Waals surface area contributed by atoms with Crippen LogP contribution in [0.2, 0.25) is 0 Å². The first kappa shape index (κ1) is 18.0. The molecule has 0 aliphatic carbocycles. The fourth-order valence-electron chi connectivity index (χ4n) is 1.66. The third-order valence-electron chi connectivity index (χ3n) is 2.61. The van der Waals surface area contributed by atoms with Gasteiger partial charge in [0.2, 0.25) is 0 Å². The summed E-state index contributed by atoms with van der Waals surface area (Å²) >= 11 is 0. The molecule has 0 radical (unpaired) electrons. The number of nitrogens with two attached hydrogens (primary N) is 1. The molecule has 1 aromatic carbocycles. The summed E-state index contributed by atoms with van der Waals surface area (Å²) in [7, 11) is 0. The molecule has 0 heterocycles. The van der Waals surface area contributed by atoms with Crippen LogP contribution in [-0.2, 0) is 10.9 Å². The second-order valence-corrected chi connectivity index (χ2v) is 5.69. The summed E-state index contributed by atoms with van der Waals surface area (Å²) in [5.74, 6) is 0. The Balaban J connectivity index is 3.17.